The average molecular weight is 294 g/mol. The van der Waals surface area contributed by atoms with Crippen LogP contribution in [0.3, 0.4) is 0 Å². The van der Waals surface area contributed by atoms with Gasteiger partial charge in [0.15, 0.2) is 0 Å². The lowest BCUT2D eigenvalue weighted by Crippen LogP contribution is -2.42. The van der Waals surface area contributed by atoms with Crippen molar-refractivity contribution in [3.63, 3.8) is 0 Å². The number of hydrogen-bond donors (Lipinski definition) is 0. The standard InChI is InChI=1S/C15H20BrN/c1-11-2-4-12(5-3-11)10-17-14-6-7-15(17)9-13(16)8-14/h2-5,13-15H,6-10H2,1H3. The zero-order chi connectivity index (χ0) is 11.8. The summed E-state index contributed by atoms with van der Waals surface area (Å²) in [6, 6.07) is 10.7. The monoisotopic (exact) mass is 293 g/mol. The van der Waals surface area contributed by atoms with Crippen LogP contribution < -0.4 is 0 Å². The number of rotatable bonds is 2. The van der Waals surface area contributed by atoms with E-state index in [1.54, 1.807) is 0 Å². The summed E-state index contributed by atoms with van der Waals surface area (Å²) in [7, 11) is 0. The maximum absolute atomic E-state index is 3.80. The normalized spacial score (nSPS) is 32.9. The molecule has 0 N–H and O–H groups in total. The van der Waals surface area contributed by atoms with Gasteiger partial charge in [0.1, 0.15) is 0 Å². The third-order valence-corrected chi connectivity index (χ3v) is 5.06. The van der Waals surface area contributed by atoms with E-state index in [-0.39, 0.29) is 0 Å². The first kappa shape index (κ1) is 11.7. The van der Waals surface area contributed by atoms with E-state index in [9.17, 15) is 0 Å². The smallest absolute Gasteiger partial charge is 0.0239 e. The van der Waals surface area contributed by atoms with Gasteiger partial charge in [-0.1, -0.05) is 45.8 Å². The highest BCUT2D eigenvalue weighted by atomic mass is 79.9. The predicted molar refractivity (Wildman–Crippen MR) is 75.5 cm³/mol. The Morgan fingerprint density at radius 3 is 2.29 bits per heavy atom. The zero-order valence-electron chi connectivity index (χ0n) is 10.4. The van der Waals surface area contributed by atoms with E-state index in [1.165, 1.54) is 36.8 Å². The van der Waals surface area contributed by atoms with E-state index in [2.05, 4.69) is 52.0 Å². The molecule has 0 aromatic heterocycles. The summed E-state index contributed by atoms with van der Waals surface area (Å²) in [6.45, 7) is 3.30. The van der Waals surface area contributed by atoms with Gasteiger partial charge < -0.3 is 0 Å². The molecule has 0 saturated carbocycles. The van der Waals surface area contributed by atoms with E-state index in [0.717, 1.165) is 23.5 Å². The van der Waals surface area contributed by atoms with Crippen molar-refractivity contribution in [3.8, 4) is 0 Å². The van der Waals surface area contributed by atoms with Gasteiger partial charge in [-0.05, 0) is 38.2 Å². The lowest BCUT2D eigenvalue weighted by atomic mass is 10.0. The van der Waals surface area contributed by atoms with Crippen molar-refractivity contribution in [2.24, 2.45) is 0 Å². The summed E-state index contributed by atoms with van der Waals surface area (Å²) < 4.78 is 0. The molecule has 1 aromatic carbocycles. The molecule has 2 fully saturated rings. The zero-order valence-corrected chi connectivity index (χ0v) is 12.0. The fourth-order valence-corrected chi connectivity index (χ4v) is 4.23. The highest BCUT2D eigenvalue weighted by Gasteiger charge is 2.39. The van der Waals surface area contributed by atoms with Gasteiger partial charge in [0, 0.05) is 23.5 Å². The van der Waals surface area contributed by atoms with Crippen LogP contribution >= 0.6 is 15.9 Å². The van der Waals surface area contributed by atoms with Crippen LogP contribution in [0.25, 0.3) is 0 Å². The number of nitrogens with zero attached hydrogens (tertiary/aromatic N) is 1. The Hall–Kier alpha value is -0.340. The Morgan fingerprint density at radius 2 is 1.71 bits per heavy atom. The van der Waals surface area contributed by atoms with Crippen molar-refractivity contribution in [1.82, 2.24) is 4.90 Å². The second-order valence-corrected chi connectivity index (χ2v) is 6.91. The molecule has 2 atom stereocenters. The van der Waals surface area contributed by atoms with E-state index in [0.29, 0.717) is 0 Å². The molecular weight excluding hydrogens is 274 g/mol. The first-order valence-electron chi connectivity index (χ1n) is 6.68. The molecule has 2 saturated heterocycles. The molecule has 0 radical (unpaired) electrons. The van der Waals surface area contributed by atoms with E-state index in [1.807, 2.05) is 0 Å². The molecule has 2 bridgehead atoms. The summed E-state index contributed by atoms with van der Waals surface area (Å²) >= 11 is 3.80. The number of benzene rings is 1. The lowest BCUT2D eigenvalue weighted by molar-refractivity contribution is 0.137. The van der Waals surface area contributed by atoms with Gasteiger partial charge in [-0.3, -0.25) is 4.90 Å². The average Bonchev–Trinajstić information content (AvgIpc) is 2.56. The summed E-state index contributed by atoms with van der Waals surface area (Å²) in [4.78, 5) is 3.50. The molecule has 1 aromatic rings. The van der Waals surface area contributed by atoms with Gasteiger partial charge >= 0.3 is 0 Å². The molecular formula is C15H20BrN. The third-order valence-electron chi connectivity index (χ3n) is 4.31. The Kier molecular flexibility index (Phi) is 3.27. The molecule has 0 amide bonds. The van der Waals surface area contributed by atoms with Crippen LogP contribution in [-0.4, -0.2) is 21.8 Å². The molecule has 17 heavy (non-hydrogen) atoms. The minimum absolute atomic E-state index is 0.759. The van der Waals surface area contributed by atoms with Crippen LogP contribution in [0.15, 0.2) is 24.3 Å². The number of piperidine rings is 1. The molecule has 92 valence electrons. The second-order valence-electron chi connectivity index (χ2n) is 5.61. The Bertz CT molecular complexity index is 372. The van der Waals surface area contributed by atoms with E-state index in [4.69, 9.17) is 0 Å². The molecule has 2 unspecified atom stereocenters. The fraction of sp³-hybridized carbons (Fsp3) is 0.600. The minimum atomic E-state index is 0.759. The van der Waals surface area contributed by atoms with Crippen molar-refractivity contribution >= 4 is 15.9 Å². The molecule has 2 heteroatoms. The molecule has 2 aliphatic heterocycles. The van der Waals surface area contributed by atoms with Gasteiger partial charge in [0.2, 0.25) is 0 Å². The van der Waals surface area contributed by atoms with Crippen LogP contribution in [0, 0.1) is 6.92 Å². The lowest BCUT2D eigenvalue weighted by Gasteiger charge is -2.37. The Morgan fingerprint density at radius 1 is 1.12 bits per heavy atom. The molecule has 2 heterocycles. The first-order valence-corrected chi connectivity index (χ1v) is 7.59. The van der Waals surface area contributed by atoms with Crippen LogP contribution in [0.2, 0.25) is 0 Å². The molecule has 0 aliphatic carbocycles. The van der Waals surface area contributed by atoms with Crippen LogP contribution in [0.5, 0.6) is 0 Å². The summed E-state index contributed by atoms with van der Waals surface area (Å²) in [5.41, 5.74) is 2.83. The summed E-state index contributed by atoms with van der Waals surface area (Å²) in [5.74, 6) is 0. The maximum Gasteiger partial charge on any atom is 0.0239 e. The van der Waals surface area contributed by atoms with Crippen LogP contribution in [0.4, 0.5) is 0 Å². The van der Waals surface area contributed by atoms with E-state index >= 15 is 0 Å². The van der Waals surface area contributed by atoms with Crippen molar-refractivity contribution in [3.05, 3.63) is 35.4 Å². The van der Waals surface area contributed by atoms with Crippen molar-refractivity contribution in [2.45, 2.75) is 56.1 Å². The number of aryl methyl sites for hydroxylation is 1. The van der Waals surface area contributed by atoms with Gasteiger partial charge in [-0.2, -0.15) is 0 Å². The van der Waals surface area contributed by atoms with Gasteiger partial charge in [-0.15, -0.1) is 0 Å². The summed E-state index contributed by atoms with van der Waals surface area (Å²) in [6.07, 6.45) is 5.47. The van der Waals surface area contributed by atoms with Gasteiger partial charge in [0.25, 0.3) is 0 Å². The van der Waals surface area contributed by atoms with Crippen molar-refractivity contribution in [1.29, 1.82) is 0 Å². The van der Waals surface area contributed by atoms with E-state index < -0.39 is 0 Å². The molecule has 3 rings (SSSR count). The predicted octanol–water partition coefficient (Wildman–Crippen LogP) is 3.89. The first-order chi connectivity index (χ1) is 8.22. The topological polar surface area (TPSA) is 3.24 Å². The van der Waals surface area contributed by atoms with Gasteiger partial charge in [-0.25, -0.2) is 0 Å². The van der Waals surface area contributed by atoms with Crippen LogP contribution in [-0.2, 0) is 6.54 Å². The van der Waals surface area contributed by atoms with Gasteiger partial charge in [0.05, 0.1) is 0 Å². The molecule has 0 spiro atoms. The number of hydrogen-bond acceptors (Lipinski definition) is 1. The van der Waals surface area contributed by atoms with Crippen LogP contribution in [0.1, 0.15) is 36.8 Å². The Labute approximate surface area is 112 Å². The number of fused-ring (bicyclic) bond motifs is 2. The van der Waals surface area contributed by atoms with Crippen molar-refractivity contribution < 1.29 is 0 Å². The Balaban J connectivity index is 1.72. The SMILES string of the molecule is Cc1ccc(CN2C3CCC2CC(Br)C3)cc1. The number of halogens is 1. The molecule has 2 aliphatic rings. The third kappa shape index (κ3) is 2.43. The highest BCUT2D eigenvalue weighted by Crippen LogP contribution is 2.39. The van der Waals surface area contributed by atoms with Crippen molar-refractivity contribution in [2.75, 3.05) is 0 Å². The minimum Gasteiger partial charge on any atom is -0.293 e. The number of alkyl halides is 1. The summed E-state index contributed by atoms with van der Waals surface area (Å²) in [5, 5.41) is 0. The maximum atomic E-state index is 3.80. The second kappa shape index (κ2) is 4.74. The molecule has 1 nitrogen and oxygen atoms in total. The largest absolute Gasteiger partial charge is 0.293 e. The quantitative estimate of drug-likeness (QED) is 0.748. The fourth-order valence-electron chi connectivity index (χ4n) is 3.37. The highest BCUT2D eigenvalue weighted by molar-refractivity contribution is 9.09.